The van der Waals surface area contributed by atoms with E-state index in [1.54, 1.807) is 6.08 Å². The number of amides is 3. The van der Waals surface area contributed by atoms with Gasteiger partial charge in [0.1, 0.15) is 17.7 Å². The van der Waals surface area contributed by atoms with Gasteiger partial charge in [-0.3, -0.25) is 14.4 Å². The first-order valence-corrected chi connectivity index (χ1v) is 12.9. The normalized spacial score (nSPS) is 13.1. The van der Waals surface area contributed by atoms with Gasteiger partial charge < -0.3 is 26.0 Å². The van der Waals surface area contributed by atoms with E-state index in [9.17, 15) is 24.4 Å². The summed E-state index contributed by atoms with van der Waals surface area (Å²) in [5, 5.41) is 36.9. The zero-order valence-corrected chi connectivity index (χ0v) is 23.1. The van der Waals surface area contributed by atoms with Crippen molar-refractivity contribution in [3.63, 3.8) is 0 Å². The van der Waals surface area contributed by atoms with Crippen molar-refractivity contribution >= 4 is 48.0 Å². The van der Waals surface area contributed by atoms with E-state index >= 15 is 0 Å². The lowest BCUT2D eigenvalue weighted by Gasteiger charge is -2.24. The lowest BCUT2D eigenvalue weighted by molar-refractivity contribution is -0.123. The maximum atomic E-state index is 13.0. The molecule has 202 valence electrons. The fraction of sp³-hybridized carbons (Fsp3) is 0.520. The number of rotatable bonds is 14. The average Bonchev–Trinajstić information content (AvgIpc) is 2.81. The molecule has 3 amide bonds. The lowest BCUT2D eigenvalue weighted by Crippen LogP contribution is -2.54. The van der Waals surface area contributed by atoms with Crippen molar-refractivity contribution in [2.24, 2.45) is 11.8 Å². The van der Waals surface area contributed by atoms with Crippen LogP contribution in [-0.4, -0.2) is 53.4 Å². The Kier molecular flexibility index (Phi) is 14.3. The summed E-state index contributed by atoms with van der Waals surface area (Å²) >= 11 is 12.1. The molecule has 0 aliphatic rings. The highest BCUT2D eigenvalue weighted by Crippen LogP contribution is 2.21. The van der Waals surface area contributed by atoms with E-state index in [0.717, 1.165) is 0 Å². The number of unbranched alkanes of at least 4 members (excludes halogenated alkanes) is 1. The summed E-state index contributed by atoms with van der Waals surface area (Å²) < 4.78 is 0. The summed E-state index contributed by atoms with van der Waals surface area (Å²) in [6, 6.07) is 5.27. The third kappa shape index (κ3) is 12.0. The average molecular weight is 553 g/mol. The molecule has 0 heterocycles. The summed E-state index contributed by atoms with van der Waals surface area (Å²) in [6.45, 7) is 7.75. The molecule has 1 rings (SSSR count). The number of allylic oxidation sites excluding steroid dienone is 1. The van der Waals surface area contributed by atoms with Crippen LogP contribution >= 0.6 is 23.2 Å². The maximum Gasteiger partial charge on any atom is 0.475 e. The van der Waals surface area contributed by atoms with Crippen molar-refractivity contribution in [3.05, 3.63) is 45.5 Å². The number of hydrogen-bond acceptors (Lipinski definition) is 6. The standard InChI is InChI=1S/C25H35BCl2N4O5/c1-15(2)11-17(14-29)23(33)30-10-6-5-7-21(25(35)32-22(26(36)37)12-16(3)4)31-24(34)19-13-18(27)8-9-20(19)28/h8-9,11,13,15-16,21-22,36-37H,5-7,10,12H2,1-4H3,(H,30,33)(H,31,34)(H,32,35). The predicted octanol–water partition coefficient (Wildman–Crippen LogP) is 3.03. The van der Waals surface area contributed by atoms with E-state index < -0.39 is 36.8 Å². The zero-order chi connectivity index (χ0) is 28.1. The van der Waals surface area contributed by atoms with E-state index in [1.807, 2.05) is 33.8 Å². The van der Waals surface area contributed by atoms with Gasteiger partial charge >= 0.3 is 7.12 Å². The molecular weight excluding hydrogens is 518 g/mol. The first-order chi connectivity index (χ1) is 17.3. The van der Waals surface area contributed by atoms with Gasteiger partial charge in [0, 0.05) is 11.6 Å². The van der Waals surface area contributed by atoms with Crippen LogP contribution < -0.4 is 16.0 Å². The fourth-order valence-corrected chi connectivity index (χ4v) is 3.87. The molecule has 0 aliphatic carbocycles. The van der Waals surface area contributed by atoms with Gasteiger partial charge in [0.05, 0.1) is 16.5 Å². The summed E-state index contributed by atoms with van der Waals surface area (Å²) in [5.74, 6) is -2.45. The third-order valence-electron chi connectivity index (χ3n) is 5.28. The second-order valence-electron chi connectivity index (χ2n) is 9.50. The Labute approximate surface area is 228 Å². The Balaban J connectivity index is 2.89. The van der Waals surface area contributed by atoms with Crippen LogP contribution in [0.4, 0.5) is 0 Å². The minimum Gasteiger partial charge on any atom is -0.426 e. The minimum atomic E-state index is -1.77. The van der Waals surface area contributed by atoms with Crippen LogP contribution in [0.5, 0.6) is 0 Å². The van der Waals surface area contributed by atoms with Gasteiger partial charge in [-0.05, 0) is 55.7 Å². The fourth-order valence-electron chi connectivity index (χ4n) is 3.49. The molecule has 0 spiro atoms. The zero-order valence-electron chi connectivity index (χ0n) is 21.6. The molecule has 0 saturated carbocycles. The summed E-state index contributed by atoms with van der Waals surface area (Å²) in [4.78, 5) is 38.1. The van der Waals surface area contributed by atoms with Gasteiger partial charge in [0.25, 0.3) is 11.8 Å². The van der Waals surface area contributed by atoms with Crippen LogP contribution in [0.1, 0.15) is 63.7 Å². The monoisotopic (exact) mass is 552 g/mol. The van der Waals surface area contributed by atoms with Crippen LogP contribution in [0.15, 0.2) is 29.8 Å². The molecule has 0 aliphatic heterocycles. The molecule has 1 aromatic rings. The van der Waals surface area contributed by atoms with Crippen LogP contribution in [0.25, 0.3) is 0 Å². The number of nitrogens with one attached hydrogen (secondary N) is 3. The quantitative estimate of drug-likeness (QED) is 0.103. The summed E-state index contributed by atoms with van der Waals surface area (Å²) in [5.41, 5.74) is 0.137. The molecule has 37 heavy (non-hydrogen) atoms. The van der Waals surface area contributed by atoms with Crippen molar-refractivity contribution in [2.45, 2.75) is 65.4 Å². The summed E-state index contributed by atoms with van der Waals surface area (Å²) in [7, 11) is -1.77. The van der Waals surface area contributed by atoms with Gasteiger partial charge in [0.15, 0.2) is 0 Å². The van der Waals surface area contributed by atoms with Crippen LogP contribution in [0.3, 0.4) is 0 Å². The highest BCUT2D eigenvalue weighted by Gasteiger charge is 2.30. The third-order valence-corrected chi connectivity index (χ3v) is 5.84. The molecular formula is C25H35BCl2N4O5. The van der Waals surface area contributed by atoms with Gasteiger partial charge in [-0.1, -0.05) is 57.0 Å². The predicted molar refractivity (Wildman–Crippen MR) is 145 cm³/mol. The van der Waals surface area contributed by atoms with Crippen molar-refractivity contribution in [1.29, 1.82) is 5.26 Å². The molecule has 0 fully saturated rings. The highest BCUT2D eigenvalue weighted by atomic mass is 35.5. The minimum absolute atomic E-state index is 0.0386. The van der Waals surface area contributed by atoms with Crippen molar-refractivity contribution in [2.75, 3.05) is 6.54 Å². The van der Waals surface area contributed by atoms with Crippen molar-refractivity contribution < 1.29 is 24.4 Å². The first-order valence-electron chi connectivity index (χ1n) is 12.2. The SMILES string of the molecule is CC(C)C=C(C#N)C(=O)NCCCCC(NC(=O)c1cc(Cl)ccc1Cl)C(=O)NC(CC(C)C)B(O)O. The largest absolute Gasteiger partial charge is 0.475 e. The van der Waals surface area contributed by atoms with E-state index in [-0.39, 0.29) is 41.0 Å². The van der Waals surface area contributed by atoms with E-state index in [2.05, 4.69) is 16.0 Å². The molecule has 1 aromatic carbocycles. The molecule has 5 N–H and O–H groups in total. The Bertz CT molecular complexity index is 1010. The van der Waals surface area contributed by atoms with Crippen molar-refractivity contribution in [3.8, 4) is 6.07 Å². The molecule has 0 saturated heterocycles. The highest BCUT2D eigenvalue weighted by molar-refractivity contribution is 6.43. The Hall–Kier alpha value is -2.58. The number of nitrogens with zero attached hydrogens (tertiary/aromatic N) is 1. The smallest absolute Gasteiger partial charge is 0.426 e. The number of nitriles is 1. The lowest BCUT2D eigenvalue weighted by atomic mass is 9.75. The molecule has 2 unspecified atom stereocenters. The second-order valence-corrected chi connectivity index (χ2v) is 10.3. The Morgan fingerprint density at radius 2 is 1.78 bits per heavy atom. The number of carbonyl (C=O) groups excluding carboxylic acids is 3. The van der Waals surface area contributed by atoms with Crippen LogP contribution in [-0.2, 0) is 9.59 Å². The Morgan fingerprint density at radius 3 is 2.35 bits per heavy atom. The number of halogens is 2. The van der Waals surface area contributed by atoms with Crippen molar-refractivity contribution in [1.82, 2.24) is 16.0 Å². The number of benzene rings is 1. The van der Waals surface area contributed by atoms with Gasteiger partial charge in [-0.25, -0.2) is 0 Å². The number of hydrogen-bond donors (Lipinski definition) is 5. The molecule has 0 aromatic heterocycles. The molecule has 0 bridgehead atoms. The topological polar surface area (TPSA) is 152 Å². The van der Waals surface area contributed by atoms with Gasteiger partial charge in [-0.15, -0.1) is 0 Å². The maximum absolute atomic E-state index is 13.0. The number of carbonyl (C=O) groups is 3. The second kappa shape index (κ2) is 16.3. The Morgan fingerprint density at radius 1 is 1.11 bits per heavy atom. The molecule has 9 nitrogen and oxygen atoms in total. The van der Waals surface area contributed by atoms with Crippen LogP contribution in [0, 0.1) is 23.2 Å². The first kappa shape index (κ1) is 32.5. The van der Waals surface area contributed by atoms with Gasteiger partial charge in [0.2, 0.25) is 5.91 Å². The van der Waals surface area contributed by atoms with E-state index in [0.29, 0.717) is 24.3 Å². The molecule has 2 atom stereocenters. The molecule has 0 radical (unpaired) electrons. The summed E-state index contributed by atoms with van der Waals surface area (Å²) in [6.07, 6.45) is 3.02. The molecule has 12 heteroatoms. The van der Waals surface area contributed by atoms with Gasteiger partial charge in [-0.2, -0.15) is 5.26 Å². The van der Waals surface area contributed by atoms with E-state index in [1.165, 1.54) is 18.2 Å². The van der Waals surface area contributed by atoms with Crippen LogP contribution in [0.2, 0.25) is 10.0 Å². The van der Waals surface area contributed by atoms with E-state index in [4.69, 9.17) is 28.5 Å².